The first-order valence-corrected chi connectivity index (χ1v) is 14.2. The lowest BCUT2D eigenvalue weighted by molar-refractivity contribution is -0.139. The van der Waals surface area contributed by atoms with E-state index in [9.17, 15) is 23.1 Å². The van der Waals surface area contributed by atoms with Crippen LogP contribution in [0.4, 0.5) is 18.0 Å². The predicted molar refractivity (Wildman–Crippen MR) is 147 cm³/mol. The normalized spacial score (nSPS) is 15.8. The zero-order valence-corrected chi connectivity index (χ0v) is 23.3. The fourth-order valence-corrected chi connectivity index (χ4v) is 5.24. The number of amides is 1. The van der Waals surface area contributed by atoms with Crippen molar-refractivity contribution in [2.45, 2.75) is 82.5 Å². The van der Waals surface area contributed by atoms with Gasteiger partial charge in [0.2, 0.25) is 0 Å². The van der Waals surface area contributed by atoms with Gasteiger partial charge in [-0.3, -0.25) is 0 Å². The molecule has 2 aromatic rings. The molecule has 9 heteroatoms. The highest BCUT2D eigenvalue weighted by atomic mass is 19.4. The number of carbonyl (C=O) groups is 1. The number of hydrogen-bond acceptors (Lipinski definition) is 5. The third-order valence-electron chi connectivity index (χ3n) is 7.53. The first kappa shape index (κ1) is 31.7. The largest absolute Gasteiger partial charge is 0.493 e. The highest BCUT2D eigenvalue weighted by Crippen LogP contribution is 2.37. The molecule has 0 bridgehead atoms. The Labute approximate surface area is 235 Å². The molecule has 0 heterocycles. The quantitative estimate of drug-likeness (QED) is 0.226. The number of ether oxygens (including phenoxy) is 3. The summed E-state index contributed by atoms with van der Waals surface area (Å²) in [5.41, 5.74) is -0.849. The molecule has 222 valence electrons. The van der Waals surface area contributed by atoms with E-state index in [1.54, 1.807) is 6.07 Å². The molecular weight excluding hydrogens is 523 g/mol. The Hall–Kier alpha value is -2.78. The van der Waals surface area contributed by atoms with E-state index in [2.05, 4.69) is 5.32 Å². The summed E-state index contributed by atoms with van der Waals surface area (Å²) in [6, 6.07) is 13.1. The highest BCUT2D eigenvalue weighted by molar-refractivity contribution is 5.68. The number of carbonyl (C=O) groups excluding carboxylic acids is 1. The average molecular weight is 566 g/mol. The van der Waals surface area contributed by atoms with E-state index in [0.717, 1.165) is 36.8 Å². The fraction of sp³-hybridized carbons (Fsp3) is 0.581. The molecule has 2 N–H and O–H groups in total. The van der Waals surface area contributed by atoms with Crippen LogP contribution in [0.15, 0.2) is 48.5 Å². The molecule has 3 rings (SSSR count). The van der Waals surface area contributed by atoms with Crippen LogP contribution in [0.25, 0.3) is 0 Å². The molecule has 40 heavy (non-hydrogen) atoms. The molecule has 0 aromatic heterocycles. The van der Waals surface area contributed by atoms with Crippen LogP contribution in [0.3, 0.4) is 0 Å². The molecular formula is C31H42F3NO5. The van der Waals surface area contributed by atoms with Crippen molar-refractivity contribution >= 4 is 6.09 Å². The maximum absolute atomic E-state index is 13.9. The fourth-order valence-electron chi connectivity index (χ4n) is 5.24. The van der Waals surface area contributed by atoms with Crippen molar-refractivity contribution in [3.63, 3.8) is 0 Å². The lowest BCUT2D eigenvalue weighted by Gasteiger charge is -2.32. The van der Waals surface area contributed by atoms with Gasteiger partial charge in [0.05, 0.1) is 30.9 Å². The van der Waals surface area contributed by atoms with Crippen molar-refractivity contribution in [2.75, 3.05) is 26.9 Å². The van der Waals surface area contributed by atoms with Gasteiger partial charge in [-0.2, -0.15) is 13.2 Å². The maximum atomic E-state index is 13.9. The van der Waals surface area contributed by atoms with E-state index in [1.807, 2.05) is 30.3 Å². The van der Waals surface area contributed by atoms with Crippen molar-refractivity contribution in [1.82, 2.24) is 5.32 Å². The second kappa shape index (κ2) is 15.9. The number of aryl methyl sites for hydroxylation is 1. The van der Waals surface area contributed by atoms with Crippen molar-refractivity contribution < 1.29 is 37.3 Å². The van der Waals surface area contributed by atoms with Gasteiger partial charge in [0.25, 0.3) is 0 Å². The monoisotopic (exact) mass is 565 g/mol. The SMILES string of the molecule is COCC(CO)(CCc1ccc(OCCCCC2CCCCC2)c(C(F)(F)F)c1)NC(=O)OCc1ccccc1. The summed E-state index contributed by atoms with van der Waals surface area (Å²) < 4.78 is 57.7. The molecule has 1 fully saturated rings. The van der Waals surface area contributed by atoms with Gasteiger partial charge in [-0.25, -0.2) is 4.79 Å². The van der Waals surface area contributed by atoms with E-state index in [1.165, 1.54) is 45.3 Å². The van der Waals surface area contributed by atoms with Crippen molar-refractivity contribution in [2.24, 2.45) is 5.92 Å². The minimum Gasteiger partial charge on any atom is -0.493 e. The summed E-state index contributed by atoms with van der Waals surface area (Å²) >= 11 is 0. The number of benzene rings is 2. The molecule has 0 radical (unpaired) electrons. The van der Waals surface area contributed by atoms with Gasteiger partial charge in [0.1, 0.15) is 12.4 Å². The van der Waals surface area contributed by atoms with Crippen LogP contribution in [0.5, 0.6) is 5.75 Å². The van der Waals surface area contributed by atoms with E-state index >= 15 is 0 Å². The van der Waals surface area contributed by atoms with Crippen LogP contribution >= 0.6 is 0 Å². The molecule has 1 unspecified atom stereocenters. The van der Waals surface area contributed by atoms with Gasteiger partial charge in [0.15, 0.2) is 0 Å². The molecule has 1 saturated carbocycles. The Kier molecular flexibility index (Phi) is 12.6. The van der Waals surface area contributed by atoms with Gasteiger partial charge in [-0.15, -0.1) is 0 Å². The van der Waals surface area contributed by atoms with Gasteiger partial charge in [-0.05, 0) is 54.9 Å². The number of aliphatic hydroxyl groups excluding tert-OH is 1. The average Bonchev–Trinajstić information content (AvgIpc) is 2.95. The van der Waals surface area contributed by atoms with E-state index in [4.69, 9.17) is 14.2 Å². The van der Waals surface area contributed by atoms with Crippen LogP contribution < -0.4 is 10.1 Å². The standard InChI is InChI=1S/C31H42F3NO5/c1-38-23-30(22-36,35-29(37)40-21-26-13-6-3-7-14-26)18-17-25-15-16-28(27(20-25)31(32,33)34)39-19-9-8-12-24-10-4-2-5-11-24/h3,6-7,13-16,20,24,36H,2,4-5,8-12,17-19,21-23H2,1H3,(H,35,37). The van der Waals surface area contributed by atoms with Crippen LogP contribution in [0.1, 0.15) is 74.5 Å². The molecule has 1 aliphatic rings. The van der Waals surface area contributed by atoms with Crippen LogP contribution in [-0.4, -0.2) is 43.7 Å². The van der Waals surface area contributed by atoms with Gasteiger partial charge in [-0.1, -0.05) is 74.9 Å². The molecule has 0 saturated heterocycles. The predicted octanol–water partition coefficient (Wildman–Crippen LogP) is 7.07. The van der Waals surface area contributed by atoms with E-state index in [0.29, 0.717) is 5.56 Å². The number of unbranched alkanes of at least 4 members (excludes halogenated alkanes) is 1. The number of methoxy groups -OCH3 is 1. The third-order valence-corrected chi connectivity index (χ3v) is 7.53. The third kappa shape index (κ3) is 10.3. The number of alkyl halides is 3. The van der Waals surface area contributed by atoms with Crippen molar-refractivity contribution in [3.05, 3.63) is 65.2 Å². The summed E-state index contributed by atoms with van der Waals surface area (Å²) in [6.45, 7) is -0.239. The van der Waals surface area contributed by atoms with Gasteiger partial charge < -0.3 is 24.6 Å². The first-order chi connectivity index (χ1) is 19.2. The Morgan fingerprint density at radius 3 is 2.45 bits per heavy atom. The molecule has 0 aliphatic heterocycles. The van der Waals surface area contributed by atoms with Gasteiger partial charge in [0, 0.05) is 7.11 Å². The molecule has 6 nitrogen and oxygen atoms in total. The smallest absolute Gasteiger partial charge is 0.419 e. The molecule has 2 aromatic carbocycles. The minimum atomic E-state index is -4.58. The Balaban J connectivity index is 1.57. The Morgan fingerprint density at radius 2 is 1.77 bits per heavy atom. The summed E-state index contributed by atoms with van der Waals surface area (Å²) in [6.07, 6.45) is 4.13. The zero-order chi connectivity index (χ0) is 28.8. The topological polar surface area (TPSA) is 77.0 Å². The summed E-state index contributed by atoms with van der Waals surface area (Å²) in [7, 11) is 1.42. The summed E-state index contributed by atoms with van der Waals surface area (Å²) in [5.74, 6) is 0.560. The molecule has 1 aliphatic carbocycles. The lowest BCUT2D eigenvalue weighted by Crippen LogP contribution is -2.55. The minimum absolute atomic E-state index is 0.0398. The van der Waals surface area contributed by atoms with Crippen molar-refractivity contribution in [3.8, 4) is 5.75 Å². The zero-order valence-electron chi connectivity index (χ0n) is 23.3. The highest BCUT2D eigenvalue weighted by Gasteiger charge is 2.36. The second-order valence-corrected chi connectivity index (χ2v) is 10.7. The Morgan fingerprint density at radius 1 is 1.02 bits per heavy atom. The number of halogens is 3. The van der Waals surface area contributed by atoms with Gasteiger partial charge >= 0.3 is 12.3 Å². The van der Waals surface area contributed by atoms with Crippen LogP contribution in [0, 0.1) is 5.92 Å². The number of nitrogens with one attached hydrogen (secondary N) is 1. The Bertz CT molecular complexity index is 1030. The number of rotatable bonds is 15. The summed E-state index contributed by atoms with van der Waals surface area (Å²) in [4.78, 5) is 12.5. The van der Waals surface area contributed by atoms with E-state index in [-0.39, 0.29) is 38.4 Å². The number of aliphatic hydroxyl groups is 1. The number of alkyl carbamates (subject to hydrolysis) is 1. The maximum Gasteiger partial charge on any atom is 0.419 e. The molecule has 1 atom stereocenters. The van der Waals surface area contributed by atoms with Crippen LogP contribution in [-0.2, 0) is 28.7 Å². The molecule has 0 spiro atoms. The van der Waals surface area contributed by atoms with Crippen LogP contribution in [0.2, 0.25) is 0 Å². The first-order valence-electron chi connectivity index (χ1n) is 14.2. The lowest BCUT2D eigenvalue weighted by atomic mass is 9.86. The summed E-state index contributed by atoms with van der Waals surface area (Å²) in [5, 5.41) is 12.8. The number of hydrogen-bond donors (Lipinski definition) is 2. The van der Waals surface area contributed by atoms with E-state index < -0.39 is 30.0 Å². The van der Waals surface area contributed by atoms with Crippen molar-refractivity contribution in [1.29, 1.82) is 0 Å². The second-order valence-electron chi connectivity index (χ2n) is 10.7. The molecule has 1 amide bonds.